The van der Waals surface area contributed by atoms with Gasteiger partial charge in [0.25, 0.3) is 0 Å². The first-order valence-electron chi connectivity index (χ1n) is 7.08. The van der Waals surface area contributed by atoms with Gasteiger partial charge in [-0.3, -0.25) is 4.79 Å². The molecule has 1 aromatic rings. The van der Waals surface area contributed by atoms with Crippen molar-refractivity contribution >= 4 is 5.91 Å². The largest absolute Gasteiger partial charge is 0.334 e. The van der Waals surface area contributed by atoms with E-state index >= 15 is 0 Å². The summed E-state index contributed by atoms with van der Waals surface area (Å²) in [4.78, 5) is 14.6. The predicted octanol–water partition coefficient (Wildman–Crippen LogP) is 2.94. The predicted molar refractivity (Wildman–Crippen MR) is 79.6 cm³/mol. The Bertz CT molecular complexity index is 396. The number of carbonyl (C=O) groups excluding carboxylic acids is 1. The summed E-state index contributed by atoms with van der Waals surface area (Å²) in [5.74, 6) is 0.0522. The summed E-state index contributed by atoms with van der Waals surface area (Å²) in [5.41, 5.74) is 6.64. The second-order valence-corrected chi connectivity index (χ2v) is 5.38. The lowest BCUT2D eigenvalue weighted by Gasteiger charge is -2.35. The van der Waals surface area contributed by atoms with Crippen LogP contribution in [0.25, 0.3) is 0 Å². The highest BCUT2D eigenvalue weighted by atomic mass is 16.2. The summed E-state index contributed by atoms with van der Waals surface area (Å²) in [6, 6.07) is 10.2. The van der Waals surface area contributed by atoms with Crippen molar-refractivity contribution in [1.29, 1.82) is 0 Å². The Morgan fingerprint density at radius 3 is 2.16 bits per heavy atom. The lowest BCUT2D eigenvalue weighted by atomic mass is 9.91. The van der Waals surface area contributed by atoms with Gasteiger partial charge < -0.3 is 10.6 Å². The van der Waals surface area contributed by atoms with E-state index in [0.717, 1.165) is 5.56 Å². The molecule has 1 rings (SSSR count). The lowest BCUT2D eigenvalue weighted by molar-refractivity contribution is -0.139. The quantitative estimate of drug-likeness (QED) is 0.856. The second-order valence-electron chi connectivity index (χ2n) is 5.38. The SMILES string of the molecule is CCC(N)(CC)C(=O)N(Cc1ccccc1)C(C)C. The molecule has 0 radical (unpaired) electrons. The van der Waals surface area contributed by atoms with E-state index in [9.17, 15) is 4.79 Å². The third-order valence-electron chi connectivity index (χ3n) is 3.77. The first-order valence-corrected chi connectivity index (χ1v) is 7.08. The number of benzene rings is 1. The van der Waals surface area contributed by atoms with Crippen molar-refractivity contribution in [1.82, 2.24) is 4.90 Å². The van der Waals surface area contributed by atoms with Gasteiger partial charge >= 0.3 is 0 Å². The van der Waals surface area contributed by atoms with Crippen LogP contribution in [-0.2, 0) is 11.3 Å². The summed E-state index contributed by atoms with van der Waals surface area (Å²) >= 11 is 0. The molecule has 2 N–H and O–H groups in total. The Labute approximate surface area is 116 Å². The van der Waals surface area contributed by atoms with Gasteiger partial charge in [0.15, 0.2) is 0 Å². The molecule has 1 aromatic carbocycles. The Kier molecular flexibility index (Phi) is 5.55. The van der Waals surface area contributed by atoms with Crippen molar-refractivity contribution in [3.05, 3.63) is 35.9 Å². The molecule has 0 spiro atoms. The molecule has 0 aliphatic rings. The van der Waals surface area contributed by atoms with E-state index in [2.05, 4.69) is 0 Å². The zero-order valence-electron chi connectivity index (χ0n) is 12.5. The second kappa shape index (κ2) is 6.71. The highest BCUT2D eigenvalue weighted by Crippen LogP contribution is 2.19. The number of hydrogen-bond donors (Lipinski definition) is 1. The van der Waals surface area contributed by atoms with Crippen LogP contribution in [-0.4, -0.2) is 22.4 Å². The van der Waals surface area contributed by atoms with Crippen LogP contribution in [0.1, 0.15) is 46.1 Å². The van der Waals surface area contributed by atoms with Crippen LogP contribution in [0.2, 0.25) is 0 Å². The molecule has 0 saturated carbocycles. The van der Waals surface area contributed by atoms with Crippen LogP contribution in [0, 0.1) is 0 Å². The van der Waals surface area contributed by atoms with Gasteiger partial charge in [-0.05, 0) is 32.3 Å². The van der Waals surface area contributed by atoms with Gasteiger partial charge in [-0.25, -0.2) is 0 Å². The van der Waals surface area contributed by atoms with E-state index in [-0.39, 0.29) is 11.9 Å². The maximum absolute atomic E-state index is 12.7. The van der Waals surface area contributed by atoms with E-state index in [1.807, 2.05) is 62.9 Å². The first-order chi connectivity index (χ1) is 8.94. The van der Waals surface area contributed by atoms with Crippen molar-refractivity contribution in [2.24, 2.45) is 5.73 Å². The van der Waals surface area contributed by atoms with Gasteiger partial charge in [-0.1, -0.05) is 44.2 Å². The first kappa shape index (κ1) is 15.7. The van der Waals surface area contributed by atoms with E-state index in [4.69, 9.17) is 5.73 Å². The fraction of sp³-hybridized carbons (Fsp3) is 0.562. The standard InChI is InChI=1S/C16H26N2O/c1-5-16(17,6-2)15(19)18(13(3)4)12-14-10-8-7-9-11-14/h7-11,13H,5-6,12,17H2,1-4H3. The van der Waals surface area contributed by atoms with Gasteiger partial charge in [0.1, 0.15) is 0 Å². The van der Waals surface area contributed by atoms with Crippen LogP contribution < -0.4 is 5.73 Å². The van der Waals surface area contributed by atoms with Crippen molar-refractivity contribution < 1.29 is 4.79 Å². The molecule has 19 heavy (non-hydrogen) atoms. The van der Waals surface area contributed by atoms with Gasteiger partial charge in [-0.15, -0.1) is 0 Å². The third-order valence-corrected chi connectivity index (χ3v) is 3.77. The Balaban J connectivity index is 2.92. The van der Waals surface area contributed by atoms with Crippen LogP contribution in [0.5, 0.6) is 0 Å². The molecular formula is C16H26N2O. The summed E-state index contributed by atoms with van der Waals surface area (Å²) < 4.78 is 0. The highest BCUT2D eigenvalue weighted by Gasteiger charge is 2.35. The fourth-order valence-electron chi connectivity index (χ4n) is 2.11. The average molecular weight is 262 g/mol. The van der Waals surface area contributed by atoms with Crippen molar-refractivity contribution in [2.75, 3.05) is 0 Å². The zero-order chi connectivity index (χ0) is 14.5. The van der Waals surface area contributed by atoms with Crippen molar-refractivity contribution in [3.63, 3.8) is 0 Å². The minimum absolute atomic E-state index is 0.0522. The van der Waals surface area contributed by atoms with Crippen molar-refractivity contribution in [2.45, 2.75) is 58.7 Å². The Morgan fingerprint density at radius 1 is 1.21 bits per heavy atom. The molecular weight excluding hydrogens is 236 g/mol. The summed E-state index contributed by atoms with van der Waals surface area (Å²) in [6.45, 7) is 8.64. The van der Waals surface area contributed by atoms with Gasteiger partial charge in [0.05, 0.1) is 5.54 Å². The lowest BCUT2D eigenvalue weighted by Crippen LogP contribution is -2.56. The van der Waals surface area contributed by atoms with Gasteiger partial charge in [-0.2, -0.15) is 0 Å². The van der Waals surface area contributed by atoms with Gasteiger partial charge in [0.2, 0.25) is 5.91 Å². The number of amides is 1. The topological polar surface area (TPSA) is 46.3 Å². The summed E-state index contributed by atoms with van der Waals surface area (Å²) in [6.07, 6.45) is 1.33. The Hall–Kier alpha value is -1.35. The smallest absolute Gasteiger partial charge is 0.243 e. The van der Waals surface area contributed by atoms with Crippen LogP contribution in [0.4, 0.5) is 0 Å². The normalized spacial score (nSPS) is 11.7. The molecule has 3 nitrogen and oxygen atoms in total. The molecule has 0 aliphatic heterocycles. The van der Waals surface area contributed by atoms with E-state index in [0.29, 0.717) is 19.4 Å². The molecule has 0 atom stereocenters. The number of rotatable bonds is 6. The number of nitrogens with zero attached hydrogens (tertiary/aromatic N) is 1. The molecule has 0 aromatic heterocycles. The third kappa shape index (κ3) is 3.80. The molecule has 106 valence electrons. The molecule has 0 unspecified atom stereocenters. The monoisotopic (exact) mass is 262 g/mol. The van der Waals surface area contributed by atoms with Crippen molar-refractivity contribution in [3.8, 4) is 0 Å². The summed E-state index contributed by atoms with van der Waals surface area (Å²) in [7, 11) is 0. The Morgan fingerprint density at radius 2 is 1.74 bits per heavy atom. The average Bonchev–Trinajstić information content (AvgIpc) is 2.44. The zero-order valence-corrected chi connectivity index (χ0v) is 12.5. The van der Waals surface area contributed by atoms with Gasteiger partial charge in [0, 0.05) is 12.6 Å². The highest BCUT2D eigenvalue weighted by molar-refractivity contribution is 5.86. The van der Waals surface area contributed by atoms with E-state index in [1.54, 1.807) is 0 Å². The molecule has 0 fully saturated rings. The molecule has 0 heterocycles. The minimum atomic E-state index is -0.737. The molecule has 0 aliphatic carbocycles. The summed E-state index contributed by atoms with van der Waals surface area (Å²) in [5, 5.41) is 0. The minimum Gasteiger partial charge on any atom is -0.334 e. The maximum atomic E-state index is 12.7. The van der Waals surface area contributed by atoms with Crippen LogP contribution in [0.3, 0.4) is 0 Å². The molecule has 3 heteroatoms. The van der Waals surface area contributed by atoms with Crippen LogP contribution in [0.15, 0.2) is 30.3 Å². The van der Waals surface area contributed by atoms with E-state index in [1.165, 1.54) is 0 Å². The molecule has 0 saturated heterocycles. The molecule has 1 amide bonds. The van der Waals surface area contributed by atoms with E-state index < -0.39 is 5.54 Å². The fourth-order valence-corrected chi connectivity index (χ4v) is 2.11. The number of hydrogen-bond acceptors (Lipinski definition) is 2. The molecule has 0 bridgehead atoms. The number of nitrogens with two attached hydrogens (primary N) is 1. The number of carbonyl (C=O) groups is 1. The maximum Gasteiger partial charge on any atom is 0.243 e. The van der Waals surface area contributed by atoms with Crippen LogP contribution >= 0.6 is 0 Å².